The van der Waals surface area contributed by atoms with Crippen molar-refractivity contribution in [3.63, 3.8) is 0 Å². The molecular weight excluding hydrogens is 183 g/mol. The average Bonchev–Trinajstić information content (AvgIpc) is 2.05. The van der Waals surface area contributed by atoms with Crippen molar-refractivity contribution in [2.75, 3.05) is 21.3 Å². The number of carbonyl (C=O) groups is 1. The van der Waals surface area contributed by atoms with E-state index in [-0.39, 0.29) is 31.7 Å². The third kappa shape index (κ3) is 1.97. The fourth-order valence-electron chi connectivity index (χ4n) is 1.56. The van der Waals surface area contributed by atoms with Gasteiger partial charge in [-0.1, -0.05) is 0 Å². The van der Waals surface area contributed by atoms with Gasteiger partial charge < -0.3 is 24.1 Å². The molecule has 6 heteroatoms. The van der Waals surface area contributed by atoms with Crippen LogP contribution in [0.3, 0.4) is 0 Å². The van der Waals surface area contributed by atoms with Crippen LogP contribution in [0.5, 0.6) is 0 Å². The Morgan fingerprint density at radius 3 is 1.79 bits per heavy atom. The molecule has 0 heterocycles. The van der Waals surface area contributed by atoms with Crippen molar-refractivity contribution < 1.29 is 43.0 Å². The number of carboxylic acid groups (broad SMARTS) is 1. The first-order valence-electron chi connectivity index (χ1n) is 3.91. The van der Waals surface area contributed by atoms with E-state index >= 15 is 0 Å². The van der Waals surface area contributed by atoms with Crippen LogP contribution in [0.4, 0.5) is 0 Å². The maximum Gasteiger partial charge on any atom is 1.00 e. The molecule has 14 heavy (non-hydrogen) atoms. The Balaban J connectivity index is 0.00000169. The second-order valence-electron chi connectivity index (χ2n) is 3.16. The molecule has 0 unspecified atom stereocenters. The minimum Gasteiger partial charge on any atom is -0.547 e. The van der Waals surface area contributed by atoms with E-state index in [0.29, 0.717) is 0 Å². The van der Waals surface area contributed by atoms with Gasteiger partial charge in [0.15, 0.2) is 5.79 Å². The summed E-state index contributed by atoms with van der Waals surface area (Å²) < 4.78 is 14.9. The summed E-state index contributed by atoms with van der Waals surface area (Å²) in [6.07, 6.45) is 0.317. The van der Waals surface area contributed by atoms with E-state index in [1.807, 2.05) is 0 Å². The monoisotopic (exact) mass is 196 g/mol. The predicted molar refractivity (Wildman–Crippen MR) is 40.7 cm³/mol. The topological polar surface area (TPSA) is 67.8 Å². The zero-order valence-electron chi connectivity index (χ0n) is 8.96. The molecule has 1 saturated carbocycles. The number of methoxy groups -OCH3 is 3. The number of carboxylic acids is 1. The normalized spacial score (nSPS) is 21.9. The van der Waals surface area contributed by atoms with E-state index in [1.54, 1.807) is 0 Å². The fourth-order valence-corrected chi connectivity index (χ4v) is 1.56. The van der Waals surface area contributed by atoms with Crippen molar-refractivity contribution in [1.82, 2.24) is 0 Å². The molecule has 0 atom stereocenters. The van der Waals surface area contributed by atoms with E-state index in [0.717, 1.165) is 0 Å². The molecule has 0 N–H and O–H groups in total. The van der Waals surface area contributed by atoms with Gasteiger partial charge in [-0.2, -0.15) is 0 Å². The average molecular weight is 196 g/mol. The van der Waals surface area contributed by atoms with Gasteiger partial charge in [-0.15, -0.1) is 0 Å². The molecule has 0 spiro atoms. The molecule has 0 saturated heterocycles. The van der Waals surface area contributed by atoms with Gasteiger partial charge in [-0.25, -0.2) is 0 Å². The van der Waals surface area contributed by atoms with Crippen molar-refractivity contribution in [2.45, 2.75) is 24.2 Å². The van der Waals surface area contributed by atoms with Gasteiger partial charge in [-0.05, 0) is 0 Å². The summed E-state index contributed by atoms with van der Waals surface area (Å²) >= 11 is 0. The first kappa shape index (κ1) is 13.9. The molecule has 1 rings (SSSR count). The van der Waals surface area contributed by atoms with E-state index in [1.165, 1.54) is 21.3 Å². The molecule has 0 bridgehead atoms. The summed E-state index contributed by atoms with van der Waals surface area (Å²) in [4.78, 5) is 10.7. The maximum absolute atomic E-state index is 10.7. The van der Waals surface area contributed by atoms with Crippen LogP contribution in [0.1, 0.15) is 12.8 Å². The van der Waals surface area contributed by atoms with Gasteiger partial charge in [0.1, 0.15) is 5.60 Å². The smallest absolute Gasteiger partial charge is 0.547 e. The third-order valence-corrected chi connectivity index (χ3v) is 2.62. The van der Waals surface area contributed by atoms with Gasteiger partial charge in [0.2, 0.25) is 0 Å². The molecular formula is C8H13LiO5. The first-order chi connectivity index (χ1) is 6.04. The van der Waals surface area contributed by atoms with Crippen LogP contribution in [0.15, 0.2) is 0 Å². The van der Waals surface area contributed by atoms with Crippen molar-refractivity contribution in [3.05, 3.63) is 0 Å². The summed E-state index contributed by atoms with van der Waals surface area (Å²) in [5.41, 5.74) is -1.24. The Hall–Kier alpha value is -0.0526. The molecule has 1 fully saturated rings. The number of hydrogen-bond donors (Lipinski definition) is 0. The van der Waals surface area contributed by atoms with E-state index in [4.69, 9.17) is 14.2 Å². The van der Waals surface area contributed by atoms with Gasteiger partial charge in [-0.3, -0.25) is 0 Å². The quantitative estimate of drug-likeness (QED) is 0.338. The molecule has 0 aromatic rings. The van der Waals surface area contributed by atoms with Crippen LogP contribution in [0.25, 0.3) is 0 Å². The summed E-state index contributed by atoms with van der Waals surface area (Å²) in [5.74, 6) is -2.05. The zero-order chi connectivity index (χ0) is 10.1. The Bertz CT molecular complexity index is 206. The molecule has 0 aromatic carbocycles. The molecule has 5 nitrogen and oxygen atoms in total. The fraction of sp³-hybridized carbons (Fsp3) is 0.875. The summed E-state index contributed by atoms with van der Waals surface area (Å²) in [6, 6.07) is 0. The largest absolute Gasteiger partial charge is 1.00 e. The number of rotatable bonds is 4. The van der Waals surface area contributed by atoms with Gasteiger partial charge in [0, 0.05) is 34.2 Å². The van der Waals surface area contributed by atoms with Crippen LogP contribution in [0.2, 0.25) is 0 Å². The molecule has 0 radical (unpaired) electrons. The van der Waals surface area contributed by atoms with Crippen LogP contribution in [-0.4, -0.2) is 38.7 Å². The second-order valence-corrected chi connectivity index (χ2v) is 3.16. The standard InChI is InChI=1S/C8H14O5.Li/c1-11-7(6(9)10)4-8(5-7,12-2)13-3;/h4-5H2,1-3H3,(H,9,10);/q;+1/p-1. The van der Waals surface area contributed by atoms with Crippen molar-refractivity contribution in [1.29, 1.82) is 0 Å². The van der Waals surface area contributed by atoms with E-state index < -0.39 is 17.4 Å². The van der Waals surface area contributed by atoms with Crippen molar-refractivity contribution >= 4 is 5.97 Å². The summed E-state index contributed by atoms with van der Waals surface area (Å²) in [7, 11) is 4.28. The van der Waals surface area contributed by atoms with Crippen LogP contribution >= 0.6 is 0 Å². The van der Waals surface area contributed by atoms with Gasteiger partial charge in [0.25, 0.3) is 0 Å². The molecule has 0 amide bonds. The Labute approximate surface area is 94.9 Å². The molecule has 1 aliphatic carbocycles. The number of carbonyl (C=O) groups excluding carboxylic acids is 1. The van der Waals surface area contributed by atoms with Crippen LogP contribution < -0.4 is 24.0 Å². The zero-order valence-corrected chi connectivity index (χ0v) is 8.96. The van der Waals surface area contributed by atoms with E-state index in [2.05, 4.69) is 0 Å². The first-order valence-corrected chi connectivity index (χ1v) is 3.91. The molecule has 0 aromatic heterocycles. The molecule has 1 aliphatic rings. The Morgan fingerprint density at radius 2 is 1.57 bits per heavy atom. The van der Waals surface area contributed by atoms with Gasteiger partial charge >= 0.3 is 18.9 Å². The predicted octanol–water partition coefficient (Wildman–Crippen LogP) is -4.09. The number of ether oxygens (including phenoxy) is 3. The number of hydrogen-bond acceptors (Lipinski definition) is 5. The van der Waals surface area contributed by atoms with Gasteiger partial charge in [0.05, 0.1) is 5.97 Å². The van der Waals surface area contributed by atoms with Crippen LogP contribution in [0, 0.1) is 0 Å². The Morgan fingerprint density at radius 1 is 1.14 bits per heavy atom. The number of aliphatic carboxylic acids is 1. The summed E-state index contributed by atoms with van der Waals surface area (Å²) in [5, 5.41) is 10.7. The minimum absolute atomic E-state index is 0. The van der Waals surface area contributed by atoms with Crippen LogP contribution in [-0.2, 0) is 19.0 Å². The minimum atomic E-state index is -1.24. The molecule has 0 aliphatic heterocycles. The third-order valence-electron chi connectivity index (χ3n) is 2.62. The van der Waals surface area contributed by atoms with E-state index in [9.17, 15) is 9.90 Å². The second kappa shape index (κ2) is 4.64. The molecule has 76 valence electrons. The van der Waals surface area contributed by atoms with Crippen molar-refractivity contribution in [2.24, 2.45) is 0 Å². The maximum atomic E-state index is 10.7. The summed E-state index contributed by atoms with van der Waals surface area (Å²) in [6.45, 7) is 0. The Kier molecular flexibility index (Phi) is 4.63. The SMILES string of the molecule is COC1(OC)CC(OC)(C(=O)[O-])C1.[Li+]. The van der Waals surface area contributed by atoms with Crippen molar-refractivity contribution in [3.8, 4) is 0 Å².